The normalized spacial score (nSPS) is 47.1. The van der Waals surface area contributed by atoms with Crippen molar-refractivity contribution in [2.75, 3.05) is 13.1 Å². The van der Waals surface area contributed by atoms with Gasteiger partial charge >= 0.3 is 0 Å². The summed E-state index contributed by atoms with van der Waals surface area (Å²) in [4.78, 5) is 0. The summed E-state index contributed by atoms with van der Waals surface area (Å²) in [5.41, 5.74) is 0. The number of rotatable bonds is 2. The molecule has 2 aliphatic carbocycles. The van der Waals surface area contributed by atoms with E-state index in [1.165, 1.54) is 51.6 Å². The van der Waals surface area contributed by atoms with Gasteiger partial charge in [-0.05, 0) is 50.5 Å². The van der Waals surface area contributed by atoms with Crippen LogP contribution in [0, 0.1) is 11.8 Å². The molecule has 3 fully saturated rings. The van der Waals surface area contributed by atoms with Gasteiger partial charge in [-0.15, -0.1) is 0 Å². The summed E-state index contributed by atoms with van der Waals surface area (Å²) in [5, 5.41) is 7.38. The van der Waals surface area contributed by atoms with Gasteiger partial charge in [0.05, 0.1) is 0 Å². The minimum Gasteiger partial charge on any atom is -0.315 e. The van der Waals surface area contributed by atoms with Crippen LogP contribution in [0.3, 0.4) is 0 Å². The van der Waals surface area contributed by atoms with Gasteiger partial charge in [-0.25, -0.2) is 0 Å². The standard InChI is InChI=1S/C12H22N2/c1-2-11(8-13-5-1)14-12-7-9-3-4-10(12)6-9/h9-14H,1-8H2. The van der Waals surface area contributed by atoms with Gasteiger partial charge in [0.25, 0.3) is 0 Å². The lowest BCUT2D eigenvalue weighted by atomic mass is 9.94. The highest BCUT2D eigenvalue weighted by atomic mass is 15.0. The van der Waals surface area contributed by atoms with Gasteiger partial charge in [0.1, 0.15) is 0 Å². The zero-order valence-corrected chi connectivity index (χ0v) is 8.97. The van der Waals surface area contributed by atoms with Gasteiger partial charge in [0.15, 0.2) is 0 Å². The van der Waals surface area contributed by atoms with Gasteiger partial charge in [-0.1, -0.05) is 6.42 Å². The number of hydrogen-bond donors (Lipinski definition) is 2. The Morgan fingerprint density at radius 3 is 2.71 bits per heavy atom. The van der Waals surface area contributed by atoms with E-state index in [1.54, 1.807) is 0 Å². The van der Waals surface area contributed by atoms with Crippen LogP contribution in [-0.4, -0.2) is 25.2 Å². The van der Waals surface area contributed by atoms with Crippen molar-refractivity contribution in [1.29, 1.82) is 0 Å². The minimum atomic E-state index is 0.771. The average molecular weight is 194 g/mol. The Kier molecular flexibility index (Phi) is 2.50. The summed E-state index contributed by atoms with van der Waals surface area (Å²) in [5.74, 6) is 2.11. The molecule has 3 rings (SSSR count). The van der Waals surface area contributed by atoms with Crippen molar-refractivity contribution in [1.82, 2.24) is 10.6 Å². The van der Waals surface area contributed by atoms with Crippen LogP contribution in [-0.2, 0) is 0 Å². The topological polar surface area (TPSA) is 24.1 Å². The van der Waals surface area contributed by atoms with Crippen molar-refractivity contribution in [2.24, 2.45) is 11.8 Å². The molecule has 2 N–H and O–H groups in total. The molecule has 0 radical (unpaired) electrons. The molecule has 80 valence electrons. The van der Waals surface area contributed by atoms with Crippen molar-refractivity contribution in [2.45, 2.75) is 50.6 Å². The lowest BCUT2D eigenvalue weighted by molar-refractivity contribution is 0.286. The molecule has 0 aromatic rings. The summed E-state index contributed by atoms with van der Waals surface area (Å²) < 4.78 is 0. The number of piperidine rings is 1. The van der Waals surface area contributed by atoms with E-state index in [1.807, 2.05) is 0 Å². The van der Waals surface area contributed by atoms with E-state index in [-0.39, 0.29) is 0 Å². The van der Waals surface area contributed by atoms with Crippen molar-refractivity contribution >= 4 is 0 Å². The minimum absolute atomic E-state index is 0.771. The third-order valence-electron chi connectivity index (χ3n) is 4.48. The highest BCUT2D eigenvalue weighted by Crippen LogP contribution is 2.44. The third kappa shape index (κ3) is 1.70. The maximum Gasteiger partial charge on any atom is 0.0195 e. The highest BCUT2D eigenvalue weighted by Gasteiger charge is 2.39. The Labute approximate surface area is 86.8 Å². The molecule has 1 heterocycles. The van der Waals surface area contributed by atoms with E-state index in [0.29, 0.717) is 0 Å². The van der Waals surface area contributed by atoms with Gasteiger partial charge in [-0.2, -0.15) is 0 Å². The predicted molar refractivity (Wildman–Crippen MR) is 58.3 cm³/mol. The second kappa shape index (κ2) is 3.82. The first-order valence-electron chi connectivity index (χ1n) is 6.38. The predicted octanol–water partition coefficient (Wildman–Crippen LogP) is 1.52. The van der Waals surface area contributed by atoms with E-state index in [4.69, 9.17) is 0 Å². The lowest BCUT2D eigenvalue weighted by Crippen LogP contribution is -2.48. The molecule has 0 amide bonds. The summed E-state index contributed by atoms with van der Waals surface area (Å²) in [6.07, 6.45) is 8.77. The van der Waals surface area contributed by atoms with Crippen molar-refractivity contribution in [3.8, 4) is 0 Å². The quantitative estimate of drug-likeness (QED) is 0.696. The maximum absolute atomic E-state index is 3.89. The first-order chi connectivity index (χ1) is 6.92. The fourth-order valence-corrected chi connectivity index (χ4v) is 3.75. The molecule has 2 bridgehead atoms. The van der Waals surface area contributed by atoms with Crippen molar-refractivity contribution in [3.63, 3.8) is 0 Å². The van der Waals surface area contributed by atoms with Crippen LogP contribution in [0.2, 0.25) is 0 Å². The number of fused-ring (bicyclic) bond motifs is 2. The number of nitrogens with one attached hydrogen (secondary N) is 2. The molecule has 0 aromatic carbocycles. The largest absolute Gasteiger partial charge is 0.315 e. The molecule has 4 atom stereocenters. The molecular weight excluding hydrogens is 172 g/mol. The van der Waals surface area contributed by atoms with Crippen molar-refractivity contribution < 1.29 is 0 Å². The SMILES string of the molecule is C1CNCC(NC2CC3CCC2C3)C1. The van der Waals surface area contributed by atoms with Crippen molar-refractivity contribution in [3.05, 3.63) is 0 Å². The second-order valence-electron chi connectivity index (χ2n) is 5.49. The van der Waals surface area contributed by atoms with Gasteiger partial charge in [0.2, 0.25) is 0 Å². The smallest absolute Gasteiger partial charge is 0.0195 e. The van der Waals surface area contributed by atoms with E-state index in [2.05, 4.69) is 10.6 Å². The van der Waals surface area contributed by atoms with Gasteiger partial charge in [0, 0.05) is 18.6 Å². The molecule has 4 unspecified atom stereocenters. The first kappa shape index (κ1) is 9.17. The Bertz CT molecular complexity index is 198. The van der Waals surface area contributed by atoms with Gasteiger partial charge in [-0.3, -0.25) is 0 Å². The molecule has 0 spiro atoms. The average Bonchev–Trinajstić information content (AvgIpc) is 2.81. The Morgan fingerprint density at radius 2 is 2.07 bits per heavy atom. The van der Waals surface area contributed by atoms with Crippen LogP contribution < -0.4 is 10.6 Å². The molecule has 3 aliphatic rings. The first-order valence-corrected chi connectivity index (χ1v) is 6.38. The molecule has 2 nitrogen and oxygen atoms in total. The molecular formula is C12H22N2. The van der Waals surface area contributed by atoms with E-state index in [9.17, 15) is 0 Å². The summed E-state index contributed by atoms with van der Waals surface area (Å²) in [6.45, 7) is 2.43. The third-order valence-corrected chi connectivity index (χ3v) is 4.48. The molecule has 2 heteroatoms. The van der Waals surface area contributed by atoms with Crippen LogP contribution in [0.15, 0.2) is 0 Å². The van der Waals surface area contributed by atoms with Crippen LogP contribution in [0.25, 0.3) is 0 Å². The number of hydrogen-bond acceptors (Lipinski definition) is 2. The van der Waals surface area contributed by atoms with E-state index in [0.717, 1.165) is 23.9 Å². The Morgan fingerprint density at radius 1 is 1.07 bits per heavy atom. The zero-order valence-electron chi connectivity index (χ0n) is 8.97. The molecule has 0 aromatic heterocycles. The summed E-state index contributed by atoms with van der Waals surface area (Å²) in [7, 11) is 0. The monoisotopic (exact) mass is 194 g/mol. The summed E-state index contributed by atoms with van der Waals surface area (Å²) >= 11 is 0. The lowest BCUT2D eigenvalue weighted by Gasteiger charge is -2.31. The van der Waals surface area contributed by atoms with E-state index < -0.39 is 0 Å². The summed E-state index contributed by atoms with van der Waals surface area (Å²) in [6, 6.07) is 1.65. The molecule has 2 saturated carbocycles. The second-order valence-corrected chi connectivity index (χ2v) is 5.49. The molecule has 1 saturated heterocycles. The van der Waals surface area contributed by atoms with Crippen LogP contribution in [0.5, 0.6) is 0 Å². The van der Waals surface area contributed by atoms with Gasteiger partial charge < -0.3 is 10.6 Å². The zero-order chi connectivity index (χ0) is 9.38. The Balaban J connectivity index is 1.52. The molecule has 14 heavy (non-hydrogen) atoms. The Hall–Kier alpha value is -0.0800. The molecule has 1 aliphatic heterocycles. The fraction of sp³-hybridized carbons (Fsp3) is 1.00. The van der Waals surface area contributed by atoms with Crippen LogP contribution in [0.4, 0.5) is 0 Å². The highest BCUT2D eigenvalue weighted by molar-refractivity contribution is 4.95. The fourth-order valence-electron chi connectivity index (χ4n) is 3.75. The maximum atomic E-state index is 3.89. The van der Waals surface area contributed by atoms with Crippen LogP contribution in [0.1, 0.15) is 38.5 Å². The van der Waals surface area contributed by atoms with E-state index >= 15 is 0 Å². The van der Waals surface area contributed by atoms with Crippen LogP contribution >= 0.6 is 0 Å².